The highest BCUT2D eigenvalue weighted by molar-refractivity contribution is 8.00. The number of hydrogen-bond donors (Lipinski definition) is 1. The molecule has 4 aromatic rings. The molecular weight excluding hydrogens is 374 g/mol. The van der Waals surface area contributed by atoms with Crippen molar-refractivity contribution in [1.29, 1.82) is 0 Å². The number of aromatic nitrogens is 3. The largest absolute Gasteiger partial charge is 0.262 e. The van der Waals surface area contributed by atoms with Gasteiger partial charge in [-0.15, -0.1) is 5.10 Å². The van der Waals surface area contributed by atoms with E-state index in [-0.39, 0.29) is 0 Å². The van der Waals surface area contributed by atoms with Crippen molar-refractivity contribution in [3.05, 3.63) is 114 Å². The molecule has 0 aliphatic carbocycles. The summed E-state index contributed by atoms with van der Waals surface area (Å²) in [6.07, 6.45) is 3.19. The van der Waals surface area contributed by atoms with Gasteiger partial charge >= 0.3 is 0 Å². The Hall–Kier alpha value is -2.85. The summed E-state index contributed by atoms with van der Waals surface area (Å²) < 4.78 is -0.437. The fourth-order valence-corrected chi connectivity index (χ4v) is 4.89. The molecule has 1 aromatic heterocycles. The summed E-state index contributed by atoms with van der Waals surface area (Å²) in [7, 11) is 0. The summed E-state index contributed by atoms with van der Waals surface area (Å²) in [6, 6.07) is 31.9. The van der Waals surface area contributed by atoms with Gasteiger partial charge in [0.15, 0.2) is 0 Å². The van der Waals surface area contributed by atoms with Crippen LogP contribution < -0.4 is 0 Å². The Kier molecular flexibility index (Phi) is 6.11. The Morgan fingerprint density at radius 1 is 0.759 bits per heavy atom. The zero-order valence-electron chi connectivity index (χ0n) is 16.6. The van der Waals surface area contributed by atoms with Gasteiger partial charge in [0.05, 0.1) is 4.75 Å². The topological polar surface area (TPSA) is 41.6 Å². The highest BCUT2D eigenvalue weighted by Gasteiger charge is 2.38. The van der Waals surface area contributed by atoms with Gasteiger partial charge in [-0.3, -0.25) is 5.10 Å². The van der Waals surface area contributed by atoms with Gasteiger partial charge in [0.25, 0.3) is 0 Å². The van der Waals surface area contributed by atoms with E-state index in [1.54, 1.807) is 11.8 Å². The fraction of sp³-hybridized carbons (Fsp3) is 0.200. The first-order chi connectivity index (χ1) is 14.3. The van der Waals surface area contributed by atoms with E-state index >= 15 is 0 Å². The quantitative estimate of drug-likeness (QED) is 0.282. The van der Waals surface area contributed by atoms with Crippen molar-refractivity contribution in [2.75, 3.05) is 0 Å². The van der Waals surface area contributed by atoms with E-state index in [4.69, 9.17) is 4.98 Å². The molecule has 146 valence electrons. The molecule has 0 amide bonds. The second-order valence-corrected chi connectivity index (χ2v) is 8.23. The molecule has 0 saturated carbocycles. The summed E-state index contributed by atoms with van der Waals surface area (Å²) >= 11 is 1.70. The van der Waals surface area contributed by atoms with Crippen LogP contribution in [-0.4, -0.2) is 15.2 Å². The zero-order valence-corrected chi connectivity index (χ0v) is 17.4. The number of unbranched alkanes of at least 4 members (excludes halogenated alkanes) is 1. The molecule has 0 atom stereocenters. The van der Waals surface area contributed by atoms with Gasteiger partial charge in [-0.1, -0.05) is 116 Å². The fourth-order valence-electron chi connectivity index (χ4n) is 3.61. The van der Waals surface area contributed by atoms with Crippen molar-refractivity contribution in [2.45, 2.75) is 36.1 Å². The third-order valence-electron chi connectivity index (χ3n) is 5.06. The number of H-pyrrole nitrogens is 1. The summed E-state index contributed by atoms with van der Waals surface area (Å²) in [5, 5.41) is 8.46. The smallest absolute Gasteiger partial charge is 0.209 e. The first kappa shape index (κ1) is 19.5. The van der Waals surface area contributed by atoms with Crippen molar-refractivity contribution in [2.24, 2.45) is 0 Å². The number of aryl methyl sites for hydroxylation is 1. The maximum absolute atomic E-state index is 4.81. The number of rotatable bonds is 8. The van der Waals surface area contributed by atoms with Crippen LogP contribution in [0.3, 0.4) is 0 Å². The maximum atomic E-state index is 4.81. The second-order valence-electron chi connectivity index (χ2n) is 7.05. The van der Waals surface area contributed by atoms with E-state index < -0.39 is 4.75 Å². The van der Waals surface area contributed by atoms with E-state index in [9.17, 15) is 0 Å². The third-order valence-corrected chi connectivity index (χ3v) is 6.44. The average Bonchev–Trinajstić information content (AvgIpc) is 3.25. The van der Waals surface area contributed by atoms with Crippen molar-refractivity contribution in [1.82, 2.24) is 15.2 Å². The minimum Gasteiger partial charge on any atom is -0.262 e. The van der Waals surface area contributed by atoms with Crippen LogP contribution in [0.5, 0.6) is 0 Å². The molecule has 1 N–H and O–H groups in total. The molecule has 0 saturated heterocycles. The van der Waals surface area contributed by atoms with Crippen LogP contribution in [0.1, 0.15) is 42.3 Å². The second kappa shape index (κ2) is 9.10. The summed E-state index contributed by atoms with van der Waals surface area (Å²) in [5.41, 5.74) is 3.63. The predicted octanol–water partition coefficient (Wildman–Crippen LogP) is 6.23. The number of nitrogens with zero attached hydrogens (tertiary/aromatic N) is 2. The molecule has 29 heavy (non-hydrogen) atoms. The molecule has 0 spiro atoms. The van der Waals surface area contributed by atoms with Gasteiger partial charge in [0, 0.05) is 6.42 Å². The zero-order chi connectivity index (χ0) is 19.9. The normalized spacial score (nSPS) is 11.5. The molecule has 0 bridgehead atoms. The molecule has 4 rings (SSSR count). The van der Waals surface area contributed by atoms with Crippen LogP contribution in [0.4, 0.5) is 0 Å². The Labute approximate surface area is 176 Å². The molecule has 3 nitrogen and oxygen atoms in total. The van der Waals surface area contributed by atoms with E-state index in [2.05, 4.69) is 108 Å². The number of benzene rings is 3. The van der Waals surface area contributed by atoms with Gasteiger partial charge in [-0.25, -0.2) is 4.98 Å². The van der Waals surface area contributed by atoms with E-state index in [0.29, 0.717) is 0 Å². The monoisotopic (exact) mass is 399 g/mol. The van der Waals surface area contributed by atoms with Crippen LogP contribution >= 0.6 is 11.8 Å². The molecule has 3 aromatic carbocycles. The van der Waals surface area contributed by atoms with Crippen LogP contribution in [0, 0.1) is 0 Å². The third kappa shape index (κ3) is 4.13. The lowest BCUT2D eigenvalue weighted by atomic mass is 9.84. The Morgan fingerprint density at radius 3 is 1.69 bits per heavy atom. The lowest BCUT2D eigenvalue weighted by molar-refractivity contribution is 0.755. The van der Waals surface area contributed by atoms with E-state index in [0.717, 1.165) is 30.2 Å². The van der Waals surface area contributed by atoms with E-state index in [1.807, 2.05) is 0 Å². The van der Waals surface area contributed by atoms with Crippen LogP contribution in [0.25, 0.3) is 0 Å². The van der Waals surface area contributed by atoms with Crippen molar-refractivity contribution < 1.29 is 0 Å². The Bertz CT molecular complexity index is 917. The minimum atomic E-state index is -0.437. The molecule has 0 radical (unpaired) electrons. The molecule has 0 unspecified atom stereocenters. The Morgan fingerprint density at radius 2 is 1.24 bits per heavy atom. The van der Waals surface area contributed by atoms with Crippen LogP contribution in [0.15, 0.2) is 96.2 Å². The van der Waals surface area contributed by atoms with Gasteiger partial charge in [0.2, 0.25) is 5.16 Å². The number of nitrogens with one attached hydrogen (secondary N) is 1. The van der Waals surface area contributed by atoms with Crippen molar-refractivity contribution in [3.63, 3.8) is 0 Å². The Balaban J connectivity index is 1.87. The highest BCUT2D eigenvalue weighted by atomic mass is 32.2. The first-order valence-corrected chi connectivity index (χ1v) is 10.9. The van der Waals surface area contributed by atoms with Crippen LogP contribution in [-0.2, 0) is 11.2 Å². The van der Waals surface area contributed by atoms with Gasteiger partial charge in [0.1, 0.15) is 5.82 Å². The lowest BCUT2D eigenvalue weighted by Gasteiger charge is -2.34. The van der Waals surface area contributed by atoms with E-state index in [1.165, 1.54) is 16.7 Å². The summed E-state index contributed by atoms with van der Waals surface area (Å²) in [6.45, 7) is 2.19. The summed E-state index contributed by atoms with van der Waals surface area (Å²) in [5.74, 6) is 0.956. The van der Waals surface area contributed by atoms with Crippen LogP contribution in [0.2, 0.25) is 0 Å². The number of aromatic amines is 1. The van der Waals surface area contributed by atoms with Crippen molar-refractivity contribution >= 4 is 11.8 Å². The molecular formula is C25H25N3S. The average molecular weight is 400 g/mol. The van der Waals surface area contributed by atoms with Crippen molar-refractivity contribution in [3.8, 4) is 0 Å². The summed E-state index contributed by atoms with van der Waals surface area (Å²) in [4.78, 5) is 4.81. The predicted molar refractivity (Wildman–Crippen MR) is 120 cm³/mol. The number of thioether (sulfide) groups is 1. The minimum absolute atomic E-state index is 0.437. The standard InChI is InChI=1S/C25H25N3S/c1-2-3-19-23-26-24(28-27-23)29-25(20-13-7-4-8-14-20,21-15-9-5-10-16-21)22-17-11-6-12-18-22/h4-18H,2-3,19H2,1H3,(H,26,27,28). The molecule has 0 fully saturated rings. The number of hydrogen-bond acceptors (Lipinski definition) is 3. The van der Waals surface area contributed by atoms with Gasteiger partial charge in [-0.2, -0.15) is 0 Å². The molecule has 1 heterocycles. The first-order valence-electron chi connectivity index (χ1n) is 10.1. The van der Waals surface area contributed by atoms with Gasteiger partial charge in [-0.05, 0) is 23.1 Å². The molecule has 0 aliphatic rings. The molecule has 4 heteroatoms. The van der Waals surface area contributed by atoms with Gasteiger partial charge < -0.3 is 0 Å². The SMILES string of the molecule is CCCCc1nc(SC(c2ccccc2)(c2ccccc2)c2ccccc2)n[nH]1. The maximum Gasteiger partial charge on any atom is 0.209 e. The lowest BCUT2D eigenvalue weighted by Crippen LogP contribution is -2.25. The molecule has 0 aliphatic heterocycles. The highest BCUT2D eigenvalue weighted by Crippen LogP contribution is 2.50.